The van der Waals surface area contributed by atoms with Crippen LogP contribution in [0.25, 0.3) is 10.9 Å². The summed E-state index contributed by atoms with van der Waals surface area (Å²) in [6, 6.07) is 2.48. The number of ether oxygens (including phenoxy) is 1. The van der Waals surface area contributed by atoms with E-state index >= 15 is 0 Å². The molecule has 106 valence electrons. The highest BCUT2D eigenvalue weighted by Gasteiger charge is 2.22. The maximum atomic E-state index is 12.2. The first-order valence-corrected chi connectivity index (χ1v) is 5.99. The maximum Gasteiger partial charge on any atom is 0.328 e. The van der Waals surface area contributed by atoms with E-state index in [0.717, 1.165) is 10.9 Å². The lowest BCUT2D eigenvalue weighted by molar-refractivity contribution is -0.140. The summed E-state index contributed by atoms with van der Waals surface area (Å²) in [5.74, 6) is -1.62. The van der Waals surface area contributed by atoms with Crippen LogP contribution in [0, 0.1) is 6.92 Å². The molecule has 0 aliphatic heterocycles. The van der Waals surface area contributed by atoms with Gasteiger partial charge in [-0.05, 0) is 24.6 Å². The van der Waals surface area contributed by atoms with Gasteiger partial charge in [0.25, 0.3) is 5.91 Å². The number of carboxylic acids is 1. The van der Waals surface area contributed by atoms with Gasteiger partial charge in [0.1, 0.15) is 0 Å². The lowest BCUT2D eigenvalue weighted by Gasteiger charge is -2.14. The number of carbonyl (C=O) groups is 2. The number of aliphatic carboxylic acids is 1. The van der Waals surface area contributed by atoms with E-state index in [0.29, 0.717) is 11.1 Å². The van der Waals surface area contributed by atoms with Crippen LogP contribution < -0.4 is 5.32 Å². The van der Waals surface area contributed by atoms with Crippen LogP contribution in [0.15, 0.2) is 18.3 Å². The highest BCUT2D eigenvalue weighted by molar-refractivity contribution is 6.06. The van der Waals surface area contributed by atoms with Gasteiger partial charge in [0.2, 0.25) is 0 Å². The van der Waals surface area contributed by atoms with Crippen LogP contribution in [0.5, 0.6) is 0 Å². The number of nitrogens with zero attached hydrogens (tertiary/aromatic N) is 1. The second-order valence-corrected chi connectivity index (χ2v) is 4.47. The standard InChI is InChI=1S/C13H15N3O4/c1-7-3-8-5-14-16-11(8)9(4-7)12(17)15-10(6-20-2)13(18)19/h3-5,10H,6H2,1-2H3,(H,14,16)(H,15,17)(H,18,19). The Morgan fingerprint density at radius 2 is 2.25 bits per heavy atom. The minimum absolute atomic E-state index is 0.0982. The molecule has 0 fully saturated rings. The number of aromatic amines is 1. The number of carbonyl (C=O) groups excluding carboxylic acids is 1. The van der Waals surface area contributed by atoms with Crippen molar-refractivity contribution in [3.63, 3.8) is 0 Å². The SMILES string of the molecule is COCC(NC(=O)c1cc(C)cc2cn[nH]c12)C(=O)O. The molecule has 3 N–H and O–H groups in total. The number of rotatable bonds is 5. The van der Waals surface area contributed by atoms with Crippen LogP contribution in [0.2, 0.25) is 0 Å². The summed E-state index contributed by atoms with van der Waals surface area (Å²) in [6.45, 7) is 1.76. The summed E-state index contributed by atoms with van der Waals surface area (Å²) in [6.07, 6.45) is 1.61. The fraction of sp³-hybridized carbons (Fsp3) is 0.308. The summed E-state index contributed by atoms with van der Waals surface area (Å²) in [5, 5.41) is 18.9. The van der Waals surface area contributed by atoms with Gasteiger partial charge < -0.3 is 15.2 Å². The molecule has 2 rings (SSSR count). The van der Waals surface area contributed by atoms with Gasteiger partial charge in [-0.15, -0.1) is 0 Å². The minimum atomic E-state index is -1.14. The number of fused-ring (bicyclic) bond motifs is 1. The van der Waals surface area contributed by atoms with E-state index in [9.17, 15) is 9.59 Å². The average molecular weight is 277 g/mol. The Hall–Kier alpha value is -2.41. The largest absolute Gasteiger partial charge is 0.480 e. The first-order valence-electron chi connectivity index (χ1n) is 5.99. The fourth-order valence-electron chi connectivity index (χ4n) is 1.96. The molecule has 1 atom stereocenters. The Bertz CT molecular complexity index is 650. The second-order valence-electron chi connectivity index (χ2n) is 4.47. The molecule has 0 aliphatic rings. The predicted octanol–water partition coefficient (Wildman–Crippen LogP) is 0.701. The summed E-state index contributed by atoms with van der Waals surface area (Å²) >= 11 is 0. The molecule has 0 spiro atoms. The van der Waals surface area contributed by atoms with E-state index in [4.69, 9.17) is 9.84 Å². The van der Waals surface area contributed by atoms with E-state index in [1.165, 1.54) is 7.11 Å². The molecular formula is C13H15N3O4. The van der Waals surface area contributed by atoms with Crippen molar-refractivity contribution in [3.05, 3.63) is 29.5 Å². The molecule has 1 aromatic heterocycles. The maximum absolute atomic E-state index is 12.2. The zero-order chi connectivity index (χ0) is 14.7. The lowest BCUT2D eigenvalue weighted by atomic mass is 10.1. The molecular weight excluding hydrogens is 262 g/mol. The van der Waals surface area contributed by atoms with E-state index < -0.39 is 17.9 Å². The van der Waals surface area contributed by atoms with Gasteiger partial charge in [0.15, 0.2) is 6.04 Å². The molecule has 1 heterocycles. The molecule has 2 aromatic rings. The number of benzene rings is 1. The van der Waals surface area contributed by atoms with Gasteiger partial charge in [-0.2, -0.15) is 5.10 Å². The molecule has 1 aromatic carbocycles. The summed E-state index contributed by atoms with van der Waals surface area (Å²) in [5.41, 5.74) is 1.83. The van der Waals surface area contributed by atoms with Gasteiger partial charge in [-0.25, -0.2) is 4.79 Å². The minimum Gasteiger partial charge on any atom is -0.480 e. The van der Waals surface area contributed by atoms with Gasteiger partial charge >= 0.3 is 5.97 Å². The van der Waals surface area contributed by atoms with E-state index in [2.05, 4.69) is 15.5 Å². The summed E-state index contributed by atoms with van der Waals surface area (Å²) in [4.78, 5) is 23.2. The number of amides is 1. The fourth-order valence-corrected chi connectivity index (χ4v) is 1.96. The highest BCUT2D eigenvalue weighted by Crippen LogP contribution is 2.18. The van der Waals surface area contributed by atoms with Crippen LogP contribution in [0.4, 0.5) is 0 Å². The van der Waals surface area contributed by atoms with Crippen molar-refractivity contribution >= 4 is 22.8 Å². The number of nitrogens with one attached hydrogen (secondary N) is 2. The van der Waals surface area contributed by atoms with Crippen LogP contribution >= 0.6 is 0 Å². The number of hydrogen-bond donors (Lipinski definition) is 3. The van der Waals surface area contributed by atoms with Gasteiger partial charge in [-0.3, -0.25) is 9.89 Å². The first-order chi connectivity index (χ1) is 9.52. The number of H-pyrrole nitrogens is 1. The van der Waals surface area contributed by atoms with Gasteiger partial charge in [0, 0.05) is 12.5 Å². The molecule has 7 heteroatoms. The zero-order valence-electron chi connectivity index (χ0n) is 11.1. The number of methoxy groups -OCH3 is 1. The van der Waals surface area contributed by atoms with Crippen molar-refractivity contribution in [1.82, 2.24) is 15.5 Å². The topological polar surface area (TPSA) is 104 Å². The number of carboxylic acid groups (broad SMARTS) is 1. The molecule has 1 amide bonds. The third-order valence-corrected chi connectivity index (χ3v) is 2.87. The van der Waals surface area contributed by atoms with Crippen LogP contribution in [0.3, 0.4) is 0 Å². The highest BCUT2D eigenvalue weighted by atomic mass is 16.5. The third-order valence-electron chi connectivity index (χ3n) is 2.87. The summed E-state index contributed by atoms with van der Waals surface area (Å²) < 4.78 is 4.78. The predicted molar refractivity (Wildman–Crippen MR) is 71.6 cm³/mol. The molecule has 20 heavy (non-hydrogen) atoms. The average Bonchev–Trinajstić information content (AvgIpc) is 2.84. The van der Waals surface area contributed by atoms with E-state index in [1.807, 2.05) is 13.0 Å². The van der Waals surface area contributed by atoms with Gasteiger partial charge in [-0.1, -0.05) is 0 Å². The molecule has 0 saturated carbocycles. The Labute approximate surface area is 114 Å². The van der Waals surface area contributed by atoms with Crippen molar-refractivity contribution in [2.24, 2.45) is 0 Å². The number of hydrogen-bond acceptors (Lipinski definition) is 4. The number of aromatic nitrogens is 2. The molecule has 1 unspecified atom stereocenters. The molecule has 7 nitrogen and oxygen atoms in total. The van der Waals surface area contributed by atoms with Gasteiger partial charge in [0.05, 0.1) is 23.9 Å². The smallest absolute Gasteiger partial charge is 0.328 e. The normalized spacial score (nSPS) is 12.3. The first kappa shape index (κ1) is 14.0. The van der Waals surface area contributed by atoms with E-state index in [1.54, 1.807) is 12.3 Å². The summed E-state index contributed by atoms with van der Waals surface area (Å²) in [7, 11) is 1.38. The zero-order valence-corrected chi connectivity index (χ0v) is 11.1. The van der Waals surface area contributed by atoms with Crippen molar-refractivity contribution in [3.8, 4) is 0 Å². The number of aryl methyl sites for hydroxylation is 1. The molecule has 0 aliphatic carbocycles. The Kier molecular flexibility index (Phi) is 3.99. The van der Waals surface area contributed by atoms with Crippen molar-refractivity contribution in [1.29, 1.82) is 0 Å². The van der Waals surface area contributed by atoms with Crippen LogP contribution in [-0.2, 0) is 9.53 Å². The van der Waals surface area contributed by atoms with Crippen LogP contribution in [0.1, 0.15) is 15.9 Å². The monoisotopic (exact) mass is 277 g/mol. The third kappa shape index (κ3) is 2.77. The molecule has 0 bridgehead atoms. The molecule has 0 radical (unpaired) electrons. The second kappa shape index (κ2) is 5.70. The Balaban J connectivity index is 2.31. The van der Waals surface area contributed by atoms with Crippen molar-refractivity contribution in [2.45, 2.75) is 13.0 Å². The van der Waals surface area contributed by atoms with E-state index in [-0.39, 0.29) is 6.61 Å². The molecule has 0 saturated heterocycles. The van der Waals surface area contributed by atoms with Crippen LogP contribution in [-0.4, -0.2) is 46.9 Å². The van der Waals surface area contributed by atoms with Crippen molar-refractivity contribution in [2.75, 3.05) is 13.7 Å². The lowest BCUT2D eigenvalue weighted by Crippen LogP contribution is -2.43. The van der Waals surface area contributed by atoms with Crippen molar-refractivity contribution < 1.29 is 19.4 Å². The Morgan fingerprint density at radius 1 is 1.50 bits per heavy atom. The quantitative estimate of drug-likeness (QED) is 0.746. The Morgan fingerprint density at radius 3 is 2.90 bits per heavy atom.